The normalized spacial score (nSPS) is 14.3. The number of benzene rings is 3. The van der Waals surface area contributed by atoms with Gasteiger partial charge < -0.3 is 14.8 Å². The molecule has 0 radical (unpaired) electrons. The van der Waals surface area contributed by atoms with Gasteiger partial charge >= 0.3 is 0 Å². The van der Waals surface area contributed by atoms with Gasteiger partial charge in [0.15, 0.2) is 11.9 Å². The first-order valence-electron chi connectivity index (χ1n) is 11.0. The van der Waals surface area contributed by atoms with Crippen LogP contribution in [0.4, 0.5) is 5.69 Å². The van der Waals surface area contributed by atoms with E-state index in [9.17, 15) is 0 Å². The summed E-state index contributed by atoms with van der Waals surface area (Å²) in [4.78, 5) is 4.67. The third-order valence-corrected chi connectivity index (χ3v) is 6.24. The zero-order valence-electron chi connectivity index (χ0n) is 18.3. The Kier molecular flexibility index (Phi) is 6.39. The van der Waals surface area contributed by atoms with Crippen LogP contribution in [-0.2, 0) is 6.61 Å². The smallest absolute Gasteiger partial charge is 0.247 e. The number of para-hydroxylation sites is 1. The SMILES string of the molecule is CCCSc1nnc2c(n1)OC(c1ccc(OCc3ccccc3)cc1)Nc1ccccc1-2. The number of hydrogen-bond donors (Lipinski definition) is 1. The van der Waals surface area contributed by atoms with Gasteiger partial charge in [-0.05, 0) is 42.3 Å². The van der Waals surface area contributed by atoms with Crippen LogP contribution in [0.3, 0.4) is 0 Å². The number of fused-ring (bicyclic) bond motifs is 3. The van der Waals surface area contributed by atoms with Gasteiger partial charge in [0.05, 0.1) is 0 Å². The van der Waals surface area contributed by atoms with Gasteiger partial charge in [-0.3, -0.25) is 0 Å². The minimum Gasteiger partial charge on any atom is -0.489 e. The van der Waals surface area contributed by atoms with Crippen molar-refractivity contribution in [3.8, 4) is 22.9 Å². The van der Waals surface area contributed by atoms with E-state index in [-0.39, 0.29) is 0 Å². The molecule has 33 heavy (non-hydrogen) atoms. The van der Waals surface area contributed by atoms with Gasteiger partial charge in [0.2, 0.25) is 11.0 Å². The largest absolute Gasteiger partial charge is 0.489 e. The predicted octanol–water partition coefficient (Wildman–Crippen LogP) is 6.12. The van der Waals surface area contributed by atoms with Crippen LogP contribution in [0.2, 0.25) is 0 Å². The van der Waals surface area contributed by atoms with Crippen molar-refractivity contribution in [2.75, 3.05) is 11.1 Å². The lowest BCUT2D eigenvalue weighted by Crippen LogP contribution is -2.17. The predicted molar refractivity (Wildman–Crippen MR) is 130 cm³/mol. The lowest BCUT2D eigenvalue weighted by Gasteiger charge is -2.19. The van der Waals surface area contributed by atoms with E-state index in [0.29, 0.717) is 23.3 Å². The van der Waals surface area contributed by atoms with E-state index in [1.807, 2.05) is 66.7 Å². The molecule has 7 heteroatoms. The van der Waals surface area contributed by atoms with Crippen LogP contribution in [0.15, 0.2) is 84.0 Å². The number of thioether (sulfide) groups is 1. The molecule has 6 nitrogen and oxygen atoms in total. The van der Waals surface area contributed by atoms with E-state index in [1.54, 1.807) is 11.8 Å². The van der Waals surface area contributed by atoms with Crippen LogP contribution in [-0.4, -0.2) is 20.9 Å². The first-order chi connectivity index (χ1) is 16.3. The molecular weight excluding hydrogens is 432 g/mol. The molecule has 0 saturated heterocycles. The van der Waals surface area contributed by atoms with Gasteiger partial charge in [0.1, 0.15) is 12.4 Å². The Bertz CT molecular complexity index is 1220. The molecule has 4 aromatic rings. The first-order valence-corrected chi connectivity index (χ1v) is 12.0. The quantitative estimate of drug-likeness (QED) is 0.336. The second-order valence-corrected chi connectivity index (χ2v) is 8.69. The fraction of sp³-hybridized carbons (Fsp3) is 0.192. The van der Waals surface area contributed by atoms with Crippen LogP contribution in [0.1, 0.15) is 30.7 Å². The summed E-state index contributed by atoms with van der Waals surface area (Å²) in [6, 6.07) is 26.0. The van der Waals surface area contributed by atoms with Gasteiger partial charge in [-0.15, -0.1) is 10.2 Å². The number of ether oxygens (including phenoxy) is 2. The van der Waals surface area contributed by atoms with Crippen molar-refractivity contribution in [3.63, 3.8) is 0 Å². The topological polar surface area (TPSA) is 69.2 Å². The van der Waals surface area contributed by atoms with Gasteiger partial charge in [-0.25, -0.2) is 0 Å². The Labute approximate surface area is 197 Å². The number of hydrogen-bond acceptors (Lipinski definition) is 7. The number of nitrogens with one attached hydrogen (secondary N) is 1. The van der Waals surface area contributed by atoms with Gasteiger partial charge in [0, 0.05) is 22.6 Å². The number of anilines is 1. The molecule has 5 rings (SSSR count). The summed E-state index contributed by atoms with van der Waals surface area (Å²) in [5.41, 5.74) is 4.59. The zero-order chi connectivity index (χ0) is 22.5. The fourth-order valence-corrected chi connectivity index (χ4v) is 4.17. The Morgan fingerprint density at radius 3 is 2.55 bits per heavy atom. The van der Waals surface area contributed by atoms with Crippen LogP contribution < -0.4 is 14.8 Å². The van der Waals surface area contributed by atoms with E-state index in [4.69, 9.17) is 9.47 Å². The average molecular weight is 457 g/mol. The Morgan fingerprint density at radius 1 is 0.939 bits per heavy atom. The third-order valence-electron chi connectivity index (χ3n) is 5.20. The highest BCUT2D eigenvalue weighted by atomic mass is 32.2. The van der Waals surface area contributed by atoms with Crippen molar-refractivity contribution in [1.29, 1.82) is 0 Å². The highest BCUT2D eigenvalue weighted by molar-refractivity contribution is 7.99. The maximum Gasteiger partial charge on any atom is 0.247 e. The minimum absolute atomic E-state index is 0.420. The third kappa shape index (κ3) is 4.93. The maximum absolute atomic E-state index is 6.34. The van der Waals surface area contributed by atoms with Crippen LogP contribution in [0, 0.1) is 0 Å². The van der Waals surface area contributed by atoms with Crippen LogP contribution >= 0.6 is 11.8 Å². The summed E-state index contributed by atoms with van der Waals surface area (Å²) < 4.78 is 12.3. The molecule has 166 valence electrons. The highest BCUT2D eigenvalue weighted by Crippen LogP contribution is 2.39. The Balaban J connectivity index is 1.39. The van der Waals surface area contributed by atoms with Gasteiger partial charge in [-0.2, -0.15) is 4.98 Å². The van der Waals surface area contributed by atoms with Gasteiger partial charge in [-0.1, -0.05) is 67.2 Å². The number of aromatic nitrogens is 3. The molecule has 1 unspecified atom stereocenters. The van der Waals surface area contributed by atoms with Crippen molar-refractivity contribution in [3.05, 3.63) is 90.0 Å². The summed E-state index contributed by atoms with van der Waals surface area (Å²) in [7, 11) is 0. The summed E-state index contributed by atoms with van der Waals surface area (Å²) in [5, 5.41) is 12.9. The molecule has 1 aliphatic heterocycles. The molecular formula is C26H24N4O2S. The van der Waals surface area contributed by atoms with E-state index < -0.39 is 6.23 Å². The van der Waals surface area contributed by atoms with E-state index >= 15 is 0 Å². The average Bonchev–Trinajstić information content (AvgIpc) is 3.03. The molecule has 3 aromatic carbocycles. The van der Waals surface area contributed by atoms with E-state index in [1.165, 1.54) is 0 Å². The maximum atomic E-state index is 6.34. The lowest BCUT2D eigenvalue weighted by atomic mass is 10.1. The first kappa shape index (κ1) is 21.3. The second-order valence-electron chi connectivity index (χ2n) is 7.63. The molecule has 1 atom stereocenters. The fourth-order valence-electron chi connectivity index (χ4n) is 3.53. The molecule has 0 aliphatic carbocycles. The molecule has 2 heterocycles. The lowest BCUT2D eigenvalue weighted by molar-refractivity contribution is 0.225. The van der Waals surface area contributed by atoms with E-state index in [2.05, 4.69) is 39.6 Å². The Morgan fingerprint density at radius 2 is 1.73 bits per heavy atom. The standard InChI is InChI=1S/C26H24N4O2S/c1-2-16-33-26-28-25-23(29-30-26)21-10-6-7-11-22(21)27-24(32-25)19-12-14-20(15-13-19)31-17-18-8-4-3-5-9-18/h3-15,24,27H,2,16-17H2,1H3. The van der Waals surface area contributed by atoms with Gasteiger partial charge in [0.25, 0.3) is 0 Å². The molecule has 0 saturated carbocycles. The number of nitrogens with zero attached hydrogens (tertiary/aromatic N) is 3. The minimum atomic E-state index is -0.420. The Hall–Kier alpha value is -3.58. The molecule has 1 aliphatic rings. The van der Waals surface area contributed by atoms with Crippen LogP contribution in [0.25, 0.3) is 11.3 Å². The molecule has 0 amide bonds. The molecule has 0 spiro atoms. The van der Waals surface area contributed by atoms with Crippen molar-refractivity contribution in [2.45, 2.75) is 31.3 Å². The van der Waals surface area contributed by atoms with Crippen molar-refractivity contribution < 1.29 is 9.47 Å². The van der Waals surface area contributed by atoms with E-state index in [0.717, 1.165) is 40.3 Å². The zero-order valence-corrected chi connectivity index (χ0v) is 19.1. The summed E-state index contributed by atoms with van der Waals surface area (Å²) in [6.45, 7) is 2.66. The number of rotatable bonds is 7. The molecule has 1 N–H and O–H groups in total. The summed E-state index contributed by atoms with van der Waals surface area (Å²) >= 11 is 1.58. The second kappa shape index (κ2) is 9.92. The van der Waals surface area contributed by atoms with Crippen molar-refractivity contribution in [1.82, 2.24) is 15.2 Å². The van der Waals surface area contributed by atoms with Crippen molar-refractivity contribution >= 4 is 17.4 Å². The molecule has 1 aromatic heterocycles. The molecule has 0 fully saturated rings. The monoisotopic (exact) mass is 456 g/mol. The molecule has 0 bridgehead atoms. The summed E-state index contributed by atoms with van der Waals surface area (Å²) in [5.74, 6) is 2.22. The summed E-state index contributed by atoms with van der Waals surface area (Å²) in [6.07, 6.45) is 0.619. The highest BCUT2D eigenvalue weighted by Gasteiger charge is 2.26. The van der Waals surface area contributed by atoms with Crippen molar-refractivity contribution in [2.24, 2.45) is 0 Å². The van der Waals surface area contributed by atoms with Crippen LogP contribution in [0.5, 0.6) is 11.6 Å².